The zero-order chi connectivity index (χ0) is 27.6. The number of hydrogen-bond donors (Lipinski definition) is 2. The largest absolute Gasteiger partial charge is 0.490 e. The summed E-state index contributed by atoms with van der Waals surface area (Å²) >= 11 is 0. The van der Waals surface area contributed by atoms with Gasteiger partial charge in [-0.1, -0.05) is 36.4 Å². The van der Waals surface area contributed by atoms with E-state index >= 15 is 0 Å². The molecule has 5 rings (SSSR count). The normalized spacial score (nSPS) is 13.3. The third-order valence-electron chi connectivity index (χ3n) is 5.93. The Kier molecular flexibility index (Phi) is 8.95. The Labute approximate surface area is 231 Å². The number of anilines is 4. The molecular formula is C29H30FN7O3. The van der Waals surface area contributed by atoms with Crippen molar-refractivity contribution < 1.29 is 18.6 Å². The molecule has 11 heteroatoms. The van der Waals surface area contributed by atoms with Gasteiger partial charge in [0, 0.05) is 24.3 Å². The van der Waals surface area contributed by atoms with E-state index in [1.54, 1.807) is 36.5 Å². The summed E-state index contributed by atoms with van der Waals surface area (Å²) in [7, 11) is 0. The van der Waals surface area contributed by atoms with Gasteiger partial charge in [0.2, 0.25) is 17.8 Å². The topological polar surface area (TPSA) is 106 Å². The first kappa shape index (κ1) is 26.8. The number of hydrazone groups is 1. The Morgan fingerprint density at radius 2 is 1.70 bits per heavy atom. The standard InChI is InChI=1S/C29H30FN7O3/c1-2-39-26-18-21(12-13-25(26)40-20-22-8-6-7-11-24(22)30)19-31-36-28-33-27(32-23-9-4-3-5-10-23)34-29(35-28)37-14-16-38-17-15-37/h3-13,18-19H,2,14-17,20H2,1H3,(H2,32,33,34,35,36)/b31-19-. The highest BCUT2D eigenvalue weighted by Crippen LogP contribution is 2.29. The number of aromatic nitrogens is 3. The van der Waals surface area contributed by atoms with Crippen molar-refractivity contribution in [3.8, 4) is 11.5 Å². The predicted octanol–water partition coefficient (Wildman–Crippen LogP) is 5.01. The second-order valence-electron chi connectivity index (χ2n) is 8.76. The monoisotopic (exact) mass is 543 g/mol. The number of para-hydroxylation sites is 1. The van der Waals surface area contributed by atoms with Crippen LogP contribution >= 0.6 is 0 Å². The molecule has 1 aliphatic heterocycles. The van der Waals surface area contributed by atoms with Crippen molar-refractivity contribution in [2.75, 3.05) is 48.6 Å². The van der Waals surface area contributed by atoms with E-state index in [9.17, 15) is 4.39 Å². The van der Waals surface area contributed by atoms with Gasteiger partial charge in [-0.15, -0.1) is 0 Å². The lowest BCUT2D eigenvalue weighted by molar-refractivity contribution is 0.122. The van der Waals surface area contributed by atoms with Crippen molar-refractivity contribution in [3.63, 3.8) is 0 Å². The molecular weight excluding hydrogens is 513 g/mol. The van der Waals surface area contributed by atoms with Gasteiger partial charge in [0.25, 0.3) is 0 Å². The van der Waals surface area contributed by atoms with Crippen molar-refractivity contribution in [1.82, 2.24) is 15.0 Å². The van der Waals surface area contributed by atoms with E-state index in [1.165, 1.54) is 6.07 Å². The van der Waals surface area contributed by atoms with Crippen LogP contribution in [0.3, 0.4) is 0 Å². The van der Waals surface area contributed by atoms with Gasteiger partial charge in [-0.3, -0.25) is 0 Å². The molecule has 2 heterocycles. The number of hydrogen-bond acceptors (Lipinski definition) is 10. The van der Waals surface area contributed by atoms with Crippen molar-refractivity contribution >= 4 is 29.7 Å². The molecule has 0 bridgehead atoms. The Hall–Kier alpha value is -4.77. The minimum atomic E-state index is -0.312. The first-order valence-electron chi connectivity index (χ1n) is 13.0. The zero-order valence-corrected chi connectivity index (χ0v) is 22.1. The number of nitrogens with one attached hydrogen (secondary N) is 2. The molecule has 0 aliphatic carbocycles. The van der Waals surface area contributed by atoms with E-state index in [0.29, 0.717) is 67.8 Å². The summed E-state index contributed by atoms with van der Waals surface area (Å²) < 4.78 is 31.1. The zero-order valence-electron chi connectivity index (χ0n) is 22.1. The summed E-state index contributed by atoms with van der Waals surface area (Å²) in [6.07, 6.45) is 1.63. The molecule has 4 aromatic rings. The summed E-state index contributed by atoms with van der Waals surface area (Å²) in [5, 5.41) is 7.56. The quantitative estimate of drug-likeness (QED) is 0.199. The first-order valence-corrected chi connectivity index (χ1v) is 13.0. The minimum Gasteiger partial charge on any atom is -0.490 e. The maximum Gasteiger partial charge on any atom is 0.250 e. The van der Waals surface area contributed by atoms with Crippen molar-refractivity contribution in [2.45, 2.75) is 13.5 Å². The Morgan fingerprint density at radius 3 is 2.50 bits per heavy atom. The van der Waals surface area contributed by atoms with E-state index < -0.39 is 0 Å². The van der Waals surface area contributed by atoms with Crippen LogP contribution < -0.4 is 25.1 Å². The molecule has 40 heavy (non-hydrogen) atoms. The fourth-order valence-corrected chi connectivity index (χ4v) is 3.95. The lowest BCUT2D eigenvalue weighted by atomic mass is 10.2. The third kappa shape index (κ3) is 7.20. The molecule has 1 saturated heterocycles. The maximum absolute atomic E-state index is 14.0. The van der Waals surface area contributed by atoms with E-state index in [0.717, 1.165) is 11.3 Å². The van der Waals surface area contributed by atoms with Crippen molar-refractivity contribution in [2.24, 2.45) is 5.10 Å². The molecule has 0 amide bonds. The highest BCUT2D eigenvalue weighted by atomic mass is 19.1. The van der Waals surface area contributed by atoms with Crippen LogP contribution in [0.25, 0.3) is 0 Å². The number of morpholine rings is 1. The van der Waals surface area contributed by atoms with Crippen LogP contribution in [0, 0.1) is 5.82 Å². The maximum atomic E-state index is 14.0. The highest BCUT2D eigenvalue weighted by Gasteiger charge is 2.17. The van der Waals surface area contributed by atoms with Gasteiger partial charge in [0.1, 0.15) is 12.4 Å². The van der Waals surface area contributed by atoms with Gasteiger partial charge in [-0.05, 0) is 48.9 Å². The summed E-state index contributed by atoms with van der Waals surface area (Å²) in [6, 6.07) is 21.6. The molecule has 2 N–H and O–H groups in total. The third-order valence-corrected chi connectivity index (χ3v) is 5.93. The SMILES string of the molecule is CCOc1cc(/C=N\Nc2nc(Nc3ccccc3)nc(N3CCOCC3)n2)ccc1OCc1ccccc1F. The fourth-order valence-electron chi connectivity index (χ4n) is 3.95. The average molecular weight is 544 g/mol. The van der Waals surface area contributed by atoms with E-state index in [2.05, 4.69) is 30.8 Å². The predicted molar refractivity (Wildman–Crippen MR) is 152 cm³/mol. The number of rotatable bonds is 11. The van der Waals surface area contributed by atoms with Gasteiger partial charge >= 0.3 is 0 Å². The molecule has 10 nitrogen and oxygen atoms in total. The molecule has 0 radical (unpaired) electrons. The number of ether oxygens (including phenoxy) is 3. The van der Waals surface area contributed by atoms with Gasteiger partial charge < -0.3 is 24.4 Å². The van der Waals surface area contributed by atoms with Crippen LogP contribution in [-0.2, 0) is 11.3 Å². The second-order valence-corrected chi connectivity index (χ2v) is 8.76. The van der Waals surface area contributed by atoms with Crippen LogP contribution in [0.4, 0.5) is 27.9 Å². The summed E-state index contributed by atoms with van der Waals surface area (Å²) in [6.45, 7) is 5.00. The van der Waals surface area contributed by atoms with E-state index in [1.807, 2.05) is 48.2 Å². The van der Waals surface area contributed by atoms with E-state index in [4.69, 9.17) is 14.2 Å². The van der Waals surface area contributed by atoms with Gasteiger partial charge in [-0.2, -0.15) is 20.1 Å². The summed E-state index contributed by atoms with van der Waals surface area (Å²) in [5.41, 5.74) is 5.00. The molecule has 0 unspecified atom stereocenters. The average Bonchev–Trinajstić information content (AvgIpc) is 2.98. The van der Waals surface area contributed by atoms with Crippen LogP contribution in [0.15, 0.2) is 77.9 Å². The van der Waals surface area contributed by atoms with Gasteiger partial charge in [-0.25, -0.2) is 9.82 Å². The molecule has 206 valence electrons. The van der Waals surface area contributed by atoms with Crippen LogP contribution in [0.1, 0.15) is 18.1 Å². The van der Waals surface area contributed by atoms with Gasteiger partial charge in [0.05, 0.1) is 26.0 Å². The molecule has 1 aliphatic rings. The van der Waals surface area contributed by atoms with E-state index in [-0.39, 0.29) is 12.4 Å². The number of benzene rings is 3. The van der Waals surface area contributed by atoms with Crippen LogP contribution in [0.5, 0.6) is 11.5 Å². The summed E-state index contributed by atoms with van der Waals surface area (Å²) in [5.74, 6) is 1.96. The first-order chi connectivity index (χ1) is 19.7. The Morgan fingerprint density at radius 1 is 0.925 bits per heavy atom. The molecule has 0 spiro atoms. The molecule has 0 saturated carbocycles. The Balaban J connectivity index is 1.31. The minimum absolute atomic E-state index is 0.0892. The Bertz CT molecular complexity index is 1430. The smallest absolute Gasteiger partial charge is 0.250 e. The van der Waals surface area contributed by atoms with Crippen LogP contribution in [0.2, 0.25) is 0 Å². The van der Waals surface area contributed by atoms with Crippen LogP contribution in [-0.4, -0.2) is 54.1 Å². The second kappa shape index (κ2) is 13.3. The fraction of sp³-hybridized carbons (Fsp3) is 0.241. The lowest BCUT2D eigenvalue weighted by Crippen LogP contribution is -2.37. The molecule has 1 fully saturated rings. The van der Waals surface area contributed by atoms with Crippen molar-refractivity contribution in [1.29, 1.82) is 0 Å². The molecule has 3 aromatic carbocycles. The molecule has 1 aromatic heterocycles. The highest BCUT2D eigenvalue weighted by molar-refractivity contribution is 5.81. The lowest BCUT2D eigenvalue weighted by Gasteiger charge is -2.27. The summed E-state index contributed by atoms with van der Waals surface area (Å²) in [4.78, 5) is 15.7. The molecule has 0 atom stereocenters. The van der Waals surface area contributed by atoms with Crippen molar-refractivity contribution in [3.05, 3.63) is 89.7 Å². The number of nitrogens with zero attached hydrogens (tertiary/aromatic N) is 5. The number of halogens is 1. The van der Waals surface area contributed by atoms with Gasteiger partial charge in [0.15, 0.2) is 11.5 Å².